The molecular weight excluding hydrogens is 313 g/mol. The third kappa shape index (κ3) is 2.67. The molecule has 1 fully saturated rings. The zero-order chi connectivity index (χ0) is 16.7. The minimum atomic E-state index is -0.324. The maximum atomic E-state index is 13.8. The smallest absolute Gasteiger partial charge is 0.233 e. The van der Waals surface area contributed by atoms with Gasteiger partial charge in [0.25, 0.3) is 0 Å². The molecule has 1 aromatic carbocycles. The predicted molar refractivity (Wildman–Crippen MR) is 83.7 cm³/mol. The van der Waals surface area contributed by atoms with E-state index in [1.165, 1.54) is 6.07 Å². The van der Waals surface area contributed by atoms with Crippen LogP contribution >= 0.6 is 0 Å². The molecule has 1 N–H and O–H groups in total. The number of likely N-dealkylation sites (tertiary alicyclic amines) is 1. The average Bonchev–Trinajstić information content (AvgIpc) is 3.26. The van der Waals surface area contributed by atoms with E-state index in [0.717, 1.165) is 13.0 Å². The van der Waals surface area contributed by atoms with E-state index in [1.807, 2.05) is 6.07 Å². The largest absolute Gasteiger partial charge is 0.424 e. The summed E-state index contributed by atoms with van der Waals surface area (Å²) < 4.78 is 24.9. The van der Waals surface area contributed by atoms with Gasteiger partial charge in [-0.1, -0.05) is 6.07 Å². The summed E-state index contributed by atoms with van der Waals surface area (Å²) in [5.74, 6) is 1.49. The lowest BCUT2D eigenvalue weighted by Gasteiger charge is -2.19. The minimum absolute atomic E-state index is 0.0331. The van der Waals surface area contributed by atoms with Crippen LogP contribution in [0.1, 0.15) is 30.1 Å². The standard InChI is InChI=1S/C16H18FN5O2/c1-9-20-21-16(24-9)13-6-10(23-2)7-22(13)8-14-18-12-5-3-4-11(17)15(12)19-14/h3-5,10,13H,6-8H2,1-2H3,(H,18,19)/t10-,13-/m1/s1. The average molecular weight is 331 g/mol. The lowest BCUT2D eigenvalue weighted by Crippen LogP contribution is -2.25. The molecule has 1 saturated heterocycles. The van der Waals surface area contributed by atoms with Crippen LogP contribution in [0.4, 0.5) is 4.39 Å². The van der Waals surface area contributed by atoms with Crippen molar-refractivity contribution in [3.05, 3.63) is 41.6 Å². The number of aryl methyl sites for hydroxylation is 1. The minimum Gasteiger partial charge on any atom is -0.424 e. The third-order valence-corrected chi connectivity index (χ3v) is 4.39. The number of H-pyrrole nitrogens is 1. The van der Waals surface area contributed by atoms with Gasteiger partial charge < -0.3 is 14.1 Å². The molecule has 3 aromatic rings. The fourth-order valence-corrected chi connectivity index (χ4v) is 3.23. The molecule has 0 bridgehead atoms. The van der Waals surface area contributed by atoms with Gasteiger partial charge in [-0.3, -0.25) is 4.90 Å². The molecule has 3 heterocycles. The second-order valence-electron chi connectivity index (χ2n) is 6.02. The maximum Gasteiger partial charge on any atom is 0.233 e. The number of hydrogen-bond acceptors (Lipinski definition) is 6. The number of hydrogen-bond donors (Lipinski definition) is 1. The quantitative estimate of drug-likeness (QED) is 0.790. The topological polar surface area (TPSA) is 80.1 Å². The number of aromatic amines is 1. The van der Waals surface area contributed by atoms with Crippen molar-refractivity contribution in [2.45, 2.75) is 32.0 Å². The highest BCUT2D eigenvalue weighted by molar-refractivity contribution is 5.75. The first kappa shape index (κ1) is 15.2. The Labute approximate surface area is 137 Å². The highest BCUT2D eigenvalue weighted by Gasteiger charge is 2.37. The summed E-state index contributed by atoms with van der Waals surface area (Å²) in [6.07, 6.45) is 0.857. The van der Waals surface area contributed by atoms with Gasteiger partial charge in [-0.15, -0.1) is 10.2 Å². The van der Waals surface area contributed by atoms with Gasteiger partial charge in [0, 0.05) is 20.6 Å². The van der Waals surface area contributed by atoms with Crippen molar-refractivity contribution in [3.63, 3.8) is 0 Å². The Kier molecular flexibility index (Phi) is 3.78. The number of fused-ring (bicyclic) bond motifs is 1. The van der Waals surface area contributed by atoms with Crippen LogP contribution in [0.2, 0.25) is 0 Å². The molecule has 2 atom stereocenters. The first-order chi connectivity index (χ1) is 11.6. The van der Waals surface area contributed by atoms with Crippen LogP contribution in [0.5, 0.6) is 0 Å². The molecule has 126 valence electrons. The highest BCUT2D eigenvalue weighted by atomic mass is 19.1. The molecule has 0 radical (unpaired) electrons. The molecule has 0 amide bonds. The van der Waals surface area contributed by atoms with E-state index >= 15 is 0 Å². The third-order valence-electron chi connectivity index (χ3n) is 4.39. The van der Waals surface area contributed by atoms with Crippen LogP contribution in [0.15, 0.2) is 22.6 Å². The van der Waals surface area contributed by atoms with Gasteiger partial charge in [0.05, 0.1) is 24.2 Å². The van der Waals surface area contributed by atoms with Crippen molar-refractivity contribution < 1.29 is 13.5 Å². The van der Waals surface area contributed by atoms with E-state index in [9.17, 15) is 4.39 Å². The molecule has 0 spiro atoms. The van der Waals surface area contributed by atoms with Gasteiger partial charge in [-0.2, -0.15) is 0 Å². The summed E-state index contributed by atoms with van der Waals surface area (Å²) in [5, 5.41) is 8.05. The van der Waals surface area contributed by atoms with Crippen molar-refractivity contribution in [3.8, 4) is 0 Å². The number of nitrogens with zero attached hydrogens (tertiary/aromatic N) is 4. The van der Waals surface area contributed by atoms with Crippen molar-refractivity contribution in [1.29, 1.82) is 0 Å². The van der Waals surface area contributed by atoms with Crippen LogP contribution < -0.4 is 0 Å². The van der Waals surface area contributed by atoms with Gasteiger partial charge in [-0.05, 0) is 18.6 Å². The number of rotatable bonds is 4. The molecule has 8 heteroatoms. The Hall–Kier alpha value is -2.32. The number of benzene rings is 1. The van der Waals surface area contributed by atoms with E-state index in [0.29, 0.717) is 35.2 Å². The molecule has 24 heavy (non-hydrogen) atoms. The molecule has 1 aliphatic heterocycles. The molecule has 2 aromatic heterocycles. The van der Waals surface area contributed by atoms with E-state index in [2.05, 4.69) is 25.1 Å². The fraction of sp³-hybridized carbons (Fsp3) is 0.438. The SMILES string of the molecule is CO[C@@H]1C[C@H](c2nnc(C)o2)N(Cc2nc3c(F)cccc3[nH]2)C1. The van der Waals surface area contributed by atoms with Crippen LogP contribution in [0, 0.1) is 12.7 Å². The van der Waals surface area contributed by atoms with Crippen LogP contribution in [-0.4, -0.2) is 44.8 Å². The summed E-state index contributed by atoms with van der Waals surface area (Å²) in [6.45, 7) is 3.02. The van der Waals surface area contributed by atoms with Crippen LogP contribution in [0.3, 0.4) is 0 Å². The Bertz CT molecular complexity index is 861. The summed E-state index contributed by atoms with van der Waals surface area (Å²) in [6, 6.07) is 4.86. The number of para-hydroxylation sites is 1. The number of halogens is 1. The summed E-state index contributed by atoms with van der Waals surface area (Å²) in [5.41, 5.74) is 1.05. The second kappa shape index (κ2) is 5.95. The normalized spacial score (nSPS) is 21.8. The zero-order valence-electron chi connectivity index (χ0n) is 13.5. The molecule has 7 nitrogen and oxygen atoms in total. The summed E-state index contributed by atoms with van der Waals surface area (Å²) in [4.78, 5) is 9.72. The Morgan fingerprint density at radius 3 is 3.00 bits per heavy atom. The number of imidazole rings is 1. The van der Waals surface area contributed by atoms with Crippen molar-refractivity contribution >= 4 is 11.0 Å². The fourth-order valence-electron chi connectivity index (χ4n) is 3.23. The second-order valence-corrected chi connectivity index (χ2v) is 6.02. The van der Waals surface area contributed by atoms with Crippen LogP contribution in [0.25, 0.3) is 11.0 Å². The highest BCUT2D eigenvalue weighted by Crippen LogP contribution is 2.33. The van der Waals surface area contributed by atoms with Gasteiger partial charge in [0.1, 0.15) is 11.3 Å². The van der Waals surface area contributed by atoms with E-state index in [1.54, 1.807) is 20.1 Å². The lowest BCUT2D eigenvalue weighted by atomic mass is 10.2. The lowest BCUT2D eigenvalue weighted by molar-refractivity contribution is 0.107. The maximum absolute atomic E-state index is 13.8. The number of aromatic nitrogens is 4. The molecule has 4 rings (SSSR count). The van der Waals surface area contributed by atoms with Gasteiger partial charge >= 0.3 is 0 Å². The predicted octanol–water partition coefficient (Wildman–Crippen LogP) is 2.36. The van der Waals surface area contributed by atoms with E-state index < -0.39 is 0 Å². The first-order valence-electron chi connectivity index (χ1n) is 7.84. The van der Waals surface area contributed by atoms with Gasteiger partial charge in [0.2, 0.25) is 11.8 Å². The van der Waals surface area contributed by atoms with Crippen molar-refractivity contribution in [2.75, 3.05) is 13.7 Å². The van der Waals surface area contributed by atoms with Crippen molar-refractivity contribution in [2.24, 2.45) is 0 Å². The molecule has 0 aliphatic carbocycles. The Morgan fingerprint density at radius 1 is 1.42 bits per heavy atom. The van der Waals surface area contributed by atoms with Gasteiger partial charge in [0.15, 0.2) is 5.82 Å². The molecular formula is C16H18FN5O2. The van der Waals surface area contributed by atoms with Crippen molar-refractivity contribution in [1.82, 2.24) is 25.1 Å². The molecule has 1 aliphatic rings. The monoisotopic (exact) mass is 331 g/mol. The van der Waals surface area contributed by atoms with E-state index in [4.69, 9.17) is 9.15 Å². The summed E-state index contributed by atoms with van der Waals surface area (Å²) >= 11 is 0. The number of methoxy groups -OCH3 is 1. The first-order valence-corrected chi connectivity index (χ1v) is 7.84. The molecule has 0 unspecified atom stereocenters. The molecule has 0 saturated carbocycles. The van der Waals surface area contributed by atoms with Crippen LogP contribution in [-0.2, 0) is 11.3 Å². The number of nitrogens with one attached hydrogen (secondary N) is 1. The van der Waals surface area contributed by atoms with E-state index in [-0.39, 0.29) is 18.0 Å². The number of ether oxygens (including phenoxy) is 1. The summed E-state index contributed by atoms with van der Waals surface area (Å²) in [7, 11) is 1.70. The zero-order valence-corrected chi connectivity index (χ0v) is 13.5. The van der Waals surface area contributed by atoms with Gasteiger partial charge in [-0.25, -0.2) is 9.37 Å². The Balaban J connectivity index is 1.61. The Morgan fingerprint density at radius 2 is 2.29 bits per heavy atom.